The first kappa shape index (κ1) is 15.5. The number of benzene rings is 2. The molecule has 2 N–H and O–H groups in total. The normalized spacial score (nSPS) is 10.2. The van der Waals surface area contributed by atoms with Gasteiger partial charge in [-0.05, 0) is 29.8 Å². The molecular weight excluding hydrogens is 313 g/mol. The number of rotatable bonds is 4. The lowest BCUT2D eigenvalue weighted by molar-refractivity contribution is 0.0948. The Hall–Kier alpha value is -1.91. The topological polar surface area (TPSA) is 58.6 Å². The third-order valence-electron chi connectivity index (χ3n) is 2.88. The molecule has 0 saturated carbocycles. The zero-order valence-electron chi connectivity index (χ0n) is 11.2. The SMILES string of the molecule is COc1ccc(CNC(=O)c2cc(Cl)cc(Cl)c2O)cc1. The molecule has 0 unspecified atom stereocenters. The molecule has 6 heteroatoms. The molecule has 1 amide bonds. The van der Waals surface area contributed by atoms with Crippen LogP contribution in [0.5, 0.6) is 11.5 Å². The second-order valence-corrected chi connectivity index (χ2v) is 5.16. The summed E-state index contributed by atoms with van der Waals surface area (Å²) in [5.41, 5.74) is 0.942. The number of aromatic hydroxyl groups is 1. The van der Waals surface area contributed by atoms with Gasteiger partial charge >= 0.3 is 0 Å². The van der Waals surface area contributed by atoms with Gasteiger partial charge in [0, 0.05) is 11.6 Å². The van der Waals surface area contributed by atoms with Crippen LogP contribution in [-0.4, -0.2) is 18.1 Å². The van der Waals surface area contributed by atoms with Gasteiger partial charge < -0.3 is 15.2 Å². The second-order valence-electron chi connectivity index (χ2n) is 4.31. The van der Waals surface area contributed by atoms with Gasteiger partial charge in [-0.3, -0.25) is 4.79 Å². The van der Waals surface area contributed by atoms with Gasteiger partial charge in [-0.15, -0.1) is 0 Å². The van der Waals surface area contributed by atoms with Crippen molar-refractivity contribution in [1.82, 2.24) is 5.32 Å². The van der Waals surface area contributed by atoms with E-state index in [9.17, 15) is 9.90 Å². The number of carbonyl (C=O) groups excluding carboxylic acids is 1. The Morgan fingerprint density at radius 3 is 2.52 bits per heavy atom. The summed E-state index contributed by atoms with van der Waals surface area (Å²) in [6.45, 7) is 0.312. The van der Waals surface area contributed by atoms with E-state index in [1.54, 1.807) is 19.2 Å². The van der Waals surface area contributed by atoms with Crippen molar-refractivity contribution in [2.45, 2.75) is 6.54 Å². The molecule has 2 rings (SSSR count). The van der Waals surface area contributed by atoms with Crippen LogP contribution < -0.4 is 10.1 Å². The predicted molar refractivity (Wildman–Crippen MR) is 82.3 cm³/mol. The molecule has 110 valence electrons. The van der Waals surface area contributed by atoms with Crippen LogP contribution in [0, 0.1) is 0 Å². The van der Waals surface area contributed by atoms with Crippen LogP contribution >= 0.6 is 23.2 Å². The van der Waals surface area contributed by atoms with Crippen LogP contribution in [-0.2, 0) is 6.54 Å². The molecule has 0 aliphatic heterocycles. The van der Waals surface area contributed by atoms with Crippen molar-refractivity contribution < 1.29 is 14.6 Å². The summed E-state index contributed by atoms with van der Waals surface area (Å²) in [5, 5.41) is 12.8. The third-order valence-corrected chi connectivity index (χ3v) is 3.39. The van der Waals surface area contributed by atoms with Crippen molar-refractivity contribution in [2.24, 2.45) is 0 Å². The van der Waals surface area contributed by atoms with E-state index in [1.165, 1.54) is 12.1 Å². The van der Waals surface area contributed by atoms with Gasteiger partial charge in [0.1, 0.15) is 11.5 Å². The molecule has 0 bridgehead atoms. The number of halogens is 2. The average Bonchev–Trinajstić information content (AvgIpc) is 2.49. The molecule has 0 fully saturated rings. The van der Waals surface area contributed by atoms with E-state index in [0.717, 1.165) is 11.3 Å². The van der Waals surface area contributed by atoms with Crippen molar-refractivity contribution in [2.75, 3.05) is 7.11 Å². The fourth-order valence-electron chi connectivity index (χ4n) is 1.76. The number of methoxy groups -OCH3 is 1. The molecule has 0 heterocycles. The van der Waals surface area contributed by atoms with Crippen molar-refractivity contribution in [1.29, 1.82) is 0 Å². The molecule has 2 aromatic carbocycles. The van der Waals surface area contributed by atoms with Crippen LogP contribution in [0.15, 0.2) is 36.4 Å². The fraction of sp³-hybridized carbons (Fsp3) is 0.133. The second kappa shape index (κ2) is 6.70. The van der Waals surface area contributed by atoms with Crippen LogP contribution in [0.3, 0.4) is 0 Å². The molecule has 0 aliphatic rings. The highest BCUT2D eigenvalue weighted by Gasteiger charge is 2.15. The van der Waals surface area contributed by atoms with Gasteiger partial charge in [-0.1, -0.05) is 35.3 Å². The Balaban J connectivity index is 2.08. The lowest BCUT2D eigenvalue weighted by Crippen LogP contribution is -2.22. The van der Waals surface area contributed by atoms with Gasteiger partial charge in [-0.2, -0.15) is 0 Å². The van der Waals surface area contributed by atoms with Crippen LogP contribution in [0.1, 0.15) is 15.9 Å². The van der Waals surface area contributed by atoms with Gasteiger partial charge in [0.15, 0.2) is 0 Å². The molecular formula is C15H13Cl2NO3. The Morgan fingerprint density at radius 2 is 1.90 bits per heavy atom. The fourth-order valence-corrected chi connectivity index (χ4v) is 2.25. The summed E-state index contributed by atoms with van der Waals surface area (Å²) < 4.78 is 5.06. The minimum Gasteiger partial charge on any atom is -0.506 e. The first-order chi connectivity index (χ1) is 10.0. The van der Waals surface area contributed by atoms with Gasteiger partial charge in [-0.25, -0.2) is 0 Å². The number of amides is 1. The number of ether oxygens (including phenoxy) is 1. The Kier molecular flexibility index (Phi) is 4.94. The van der Waals surface area contributed by atoms with Crippen molar-refractivity contribution in [3.05, 3.63) is 57.6 Å². The van der Waals surface area contributed by atoms with Gasteiger partial charge in [0.2, 0.25) is 0 Å². The average molecular weight is 326 g/mol. The summed E-state index contributed by atoms with van der Waals surface area (Å²) in [6.07, 6.45) is 0. The highest BCUT2D eigenvalue weighted by Crippen LogP contribution is 2.31. The molecule has 0 aromatic heterocycles. The van der Waals surface area contributed by atoms with Crippen LogP contribution in [0.25, 0.3) is 0 Å². The summed E-state index contributed by atoms with van der Waals surface area (Å²) in [4.78, 5) is 12.1. The van der Waals surface area contributed by atoms with E-state index in [1.807, 2.05) is 12.1 Å². The predicted octanol–water partition coefficient (Wildman–Crippen LogP) is 3.64. The van der Waals surface area contributed by atoms with E-state index >= 15 is 0 Å². The summed E-state index contributed by atoms with van der Waals surface area (Å²) in [5.74, 6) is 0.00496. The quantitative estimate of drug-likeness (QED) is 0.902. The summed E-state index contributed by atoms with van der Waals surface area (Å²) >= 11 is 11.6. The van der Waals surface area contributed by atoms with E-state index < -0.39 is 5.91 Å². The summed E-state index contributed by atoms with van der Waals surface area (Å²) in [7, 11) is 1.59. The molecule has 4 nitrogen and oxygen atoms in total. The molecule has 21 heavy (non-hydrogen) atoms. The van der Waals surface area contributed by atoms with E-state index in [4.69, 9.17) is 27.9 Å². The van der Waals surface area contributed by atoms with Gasteiger partial charge in [0.25, 0.3) is 5.91 Å². The molecule has 2 aromatic rings. The monoisotopic (exact) mass is 325 g/mol. The maximum Gasteiger partial charge on any atom is 0.255 e. The number of hydrogen-bond acceptors (Lipinski definition) is 3. The van der Waals surface area contributed by atoms with E-state index in [2.05, 4.69) is 5.32 Å². The maximum absolute atomic E-state index is 12.1. The number of phenolic OH excluding ortho intramolecular Hbond substituents is 1. The number of nitrogens with one attached hydrogen (secondary N) is 1. The van der Waals surface area contributed by atoms with E-state index in [-0.39, 0.29) is 21.4 Å². The number of phenols is 1. The Morgan fingerprint density at radius 1 is 1.24 bits per heavy atom. The highest BCUT2D eigenvalue weighted by atomic mass is 35.5. The molecule has 0 spiro atoms. The standard InChI is InChI=1S/C15H13Cl2NO3/c1-21-11-4-2-9(3-5-11)8-18-15(20)12-6-10(16)7-13(17)14(12)19/h2-7,19H,8H2,1H3,(H,18,20). The lowest BCUT2D eigenvalue weighted by Gasteiger charge is -2.09. The van der Waals surface area contributed by atoms with Crippen molar-refractivity contribution >= 4 is 29.1 Å². The maximum atomic E-state index is 12.1. The van der Waals surface area contributed by atoms with Crippen molar-refractivity contribution in [3.63, 3.8) is 0 Å². The van der Waals surface area contributed by atoms with Crippen LogP contribution in [0.4, 0.5) is 0 Å². The molecule has 0 aliphatic carbocycles. The number of hydrogen-bond donors (Lipinski definition) is 2. The zero-order valence-corrected chi connectivity index (χ0v) is 12.7. The number of carbonyl (C=O) groups is 1. The Labute approximate surface area is 132 Å². The minimum atomic E-state index is -0.451. The molecule has 0 atom stereocenters. The highest BCUT2D eigenvalue weighted by molar-refractivity contribution is 6.36. The third kappa shape index (κ3) is 3.80. The Bertz CT molecular complexity index is 657. The lowest BCUT2D eigenvalue weighted by atomic mass is 10.1. The van der Waals surface area contributed by atoms with Crippen molar-refractivity contribution in [3.8, 4) is 11.5 Å². The smallest absolute Gasteiger partial charge is 0.255 e. The van der Waals surface area contributed by atoms with Gasteiger partial charge in [0.05, 0.1) is 17.7 Å². The van der Waals surface area contributed by atoms with Crippen LogP contribution in [0.2, 0.25) is 10.0 Å². The largest absolute Gasteiger partial charge is 0.506 e. The molecule has 0 saturated heterocycles. The first-order valence-corrected chi connectivity index (χ1v) is 6.86. The summed E-state index contributed by atoms with van der Waals surface area (Å²) in [6, 6.07) is 10.0. The zero-order chi connectivity index (χ0) is 15.4. The molecule has 0 radical (unpaired) electrons. The van der Waals surface area contributed by atoms with E-state index in [0.29, 0.717) is 6.54 Å². The minimum absolute atomic E-state index is 0.0390. The first-order valence-electron chi connectivity index (χ1n) is 6.10.